The van der Waals surface area contributed by atoms with Gasteiger partial charge in [0.25, 0.3) is 0 Å². The SMILES string of the molecule is CC(C)=CNC(=O)Nc1ccccc1C. The number of carbonyl (C=O) groups excluding carboxylic acids is 1. The molecule has 0 unspecified atom stereocenters. The molecule has 0 fully saturated rings. The minimum absolute atomic E-state index is 0.217. The molecular formula is C12H16N2O. The number of amides is 2. The second-order valence-corrected chi connectivity index (χ2v) is 3.64. The molecule has 0 heterocycles. The van der Waals surface area contributed by atoms with Crippen molar-refractivity contribution in [1.82, 2.24) is 5.32 Å². The van der Waals surface area contributed by atoms with Crippen LogP contribution in [0.5, 0.6) is 0 Å². The Bertz CT molecular complexity index is 379. The molecule has 0 atom stereocenters. The lowest BCUT2D eigenvalue weighted by Crippen LogP contribution is -2.24. The Labute approximate surface area is 90.2 Å². The molecule has 0 saturated heterocycles. The van der Waals surface area contributed by atoms with Gasteiger partial charge in [-0.05, 0) is 32.4 Å². The van der Waals surface area contributed by atoms with Crippen LogP contribution >= 0.6 is 0 Å². The lowest BCUT2D eigenvalue weighted by atomic mass is 10.2. The molecule has 0 aliphatic rings. The second kappa shape index (κ2) is 5.20. The van der Waals surface area contributed by atoms with Crippen molar-refractivity contribution in [2.24, 2.45) is 0 Å². The summed E-state index contributed by atoms with van der Waals surface area (Å²) in [7, 11) is 0. The maximum Gasteiger partial charge on any atom is 0.323 e. The number of carbonyl (C=O) groups is 1. The average molecular weight is 204 g/mol. The van der Waals surface area contributed by atoms with Crippen molar-refractivity contribution in [3.63, 3.8) is 0 Å². The molecule has 0 aromatic heterocycles. The summed E-state index contributed by atoms with van der Waals surface area (Å²) in [5.41, 5.74) is 2.93. The molecule has 0 radical (unpaired) electrons. The average Bonchev–Trinajstić information content (AvgIpc) is 2.18. The van der Waals surface area contributed by atoms with Crippen molar-refractivity contribution >= 4 is 11.7 Å². The monoisotopic (exact) mass is 204 g/mol. The molecule has 3 nitrogen and oxygen atoms in total. The van der Waals surface area contributed by atoms with Gasteiger partial charge in [0.2, 0.25) is 0 Å². The van der Waals surface area contributed by atoms with Gasteiger partial charge in [-0.2, -0.15) is 0 Å². The molecule has 0 spiro atoms. The van der Waals surface area contributed by atoms with E-state index in [4.69, 9.17) is 0 Å². The second-order valence-electron chi connectivity index (χ2n) is 3.64. The van der Waals surface area contributed by atoms with E-state index < -0.39 is 0 Å². The molecule has 15 heavy (non-hydrogen) atoms. The van der Waals surface area contributed by atoms with Crippen LogP contribution in [0.3, 0.4) is 0 Å². The number of benzene rings is 1. The number of nitrogens with one attached hydrogen (secondary N) is 2. The van der Waals surface area contributed by atoms with Gasteiger partial charge < -0.3 is 10.6 Å². The van der Waals surface area contributed by atoms with Crippen LogP contribution in [0.1, 0.15) is 19.4 Å². The van der Waals surface area contributed by atoms with Gasteiger partial charge in [0.1, 0.15) is 0 Å². The number of allylic oxidation sites excluding steroid dienone is 1. The fourth-order valence-electron chi connectivity index (χ4n) is 1.08. The highest BCUT2D eigenvalue weighted by molar-refractivity contribution is 5.90. The predicted molar refractivity (Wildman–Crippen MR) is 62.8 cm³/mol. The number of hydrogen-bond donors (Lipinski definition) is 2. The van der Waals surface area contributed by atoms with Crippen molar-refractivity contribution in [1.29, 1.82) is 0 Å². The molecule has 1 aromatic rings. The smallest absolute Gasteiger partial charge is 0.314 e. The molecule has 3 heteroatoms. The molecule has 1 rings (SSSR count). The Morgan fingerprint density at radius 1 is 1.27 bits per heavy atom. The first-order chi connectivity index (χ1) is 7.09. The molecule has 2 amide bonds. The zero-order chi connectivity index (χ0) is 11.3. The summed E-state index contributed by atoms with van der Waals surface area (Å²) in [6.07, 6.45) is 1.67. The van der Waals surface area contributed by atoms with Gasteiger partial charge in [-0.25, -0.2) is 4.79 Å². The molecule has 2 N–H and O–H groups in total. The summed E-state index contributed by atoms with van der Waals surface area (Å²) in [6.45, 7) is 5.80. The molecule has 0 aliphatic heterocycles. The van der Waals surface area contributed by atoms with Gasteiger partial charge in [0.05, 0.1) is 0 Å². The van der Waals surface area contributed by atoms with E-state index in [0.29, 0.717) is 0 Å². The van der Waals surface area contributed by atoms with Crippen LogP contribution < -0.4 is 10.6 Å². The Hall–Kier alpha value is -1.77. The van der Waals surface area contributed by atoms with E-state index in [-0.39, 0.29) is 6.03 Å². The van der Waals surface area contributed by atoms with E-state index in [1.54, 1.807) is 6.20 Å². The number of urea groups is 1. The number of hydrogen-bond acceptors (Lipinski definition) is 1. The van der Waals surface area contributed by atoms with Crippen molar-refractivity contribution in [2.75, 3.05) is 5.32 Å². The summed E-state index contributed by atoms with van der Waals surface area (Å²) >= 11 is 0. The molecule has 80 valence electrons. The van der Waals surface area contributed by atoms with E-state index in [2.05, 4.69) is 10.6 Å². The van der Waals surface area contributed by atoms with Crippen LogP contribution in [0.15, 0.2) is 36.0 Å². The maximum atomic E-state index is 11.4. The molecular weight excluding hydrogens is 188 g/mol. The minimum Gasteiger partial charge on any atom is -0.314 e. The lowest BCUT2D eigenvalue weighted by molar-refractivity contribution is 0.255. The molecule has 0 aliphatic carbocycles. The van der Waals surface area contributed by atoms with Gasteiger partial charge in [-0.1, -0.05) is 23.8 Å². The Balaban J connectivity index is 2.59. The fraction of sp³-hybridized carbons (Fsp3) is 0.250. The number of aryl methyl sites for hydroxylation is 1. The highest BCUT2D eigenvalue weighted by Gasteiger charge is 2.00. The number of para-hydroxylation sites is 1. The summed E-state index contributed by atoms with van der Waals surface area (Å²) in [5.74, 6) is 0. The van der Waals surface area contributed by atoms with Crippen LogP contribution in [0.25, 0.3) is 0 Å². The summed E-state index contributed by atoms with van der Waals surface area (Å²) in [4.78, 5) is 11.4. The normalized spacial score (nSPS) is 9.27. The summed E-state index contributed by atoms with van der Waals surface area (Å²) in [5, 5.41) is 5.42. The number of rotatable bonds is 2. The standard InChI is InChI=1S/C12H16N2O/c1-9(2)8-13-12(15)14-11-7-5-4-6-10(11)3/h4-8H,1-3H3,(H2,13,14,15). The Kier molecular flexibility index (Phi) is 3.92. The first kappa shape index (κ1) is 11.3. The van der Waals surface area contributed by atoms with Crippen LogP contribution in [0.2, 0.25) is 0 Å². The first-order valence-corrected chi connectivity index (χ1v) is 4.86. The van der Waals surface area contributed by atoms with Gasteiger partial charge in [0, 0.05) is 11.9 Å². The summed E-state index contributed by atoms with van der Waals surface area (Å²) < 4.78 is 0. The van der Waals surface area contributed by atoms with E-state index in [9.17, 15) is 4.79 Å². The first-order valence-electron chi connectivity index (χ1n) is 4.86. The van der Waals surface area contributed by atoms with Gasteiger partial charge in [-0.3, -0.25) is 0 Å². The minimum atomic E-state index is -0.217. The zero-order valence-electron chi connectivity index (χ0n) is 9.29. The van der Waals surface area contributed by atoms with Crippen molar-refractivity contribution in [3.05, 3.63) is 41.6 Å². The highest BCUT2D eigenvalue weighted by atomic mass is 16.2. The fourth-order valence-corrected chi connectivity index (χ4v) is 1.08. The topological polar surface area (TPSA) is 41.1 Å². The van der Waals surface area contributed by atoms with Gasteiger partial charge in [-0.15, -0.1) is 0 Å². The Morgan fingerprint density at radius 2 is 1.93 bits per heavy atom. The highest BCUT2D eigenvalue weighted by Crippen LogP contribution is 2.12. The molecule has 0 saturated carbocycles. The summed E-state index contributed by atoms with van der Waals surface area (Å²) in [6, 6.07) is 7.44. The predicted octanol–water partition coefficient (Wildman–Crippen LogP) is 3.04. The largest absolute Gasteiger partial charge is 0.323 e. The van der Waals surface area contributed by atoms with E-state index in [1.807, 2.05) is 45.0 Å². The maximum absolute atomic E-state index is 11.4. The van der Waals surface area contributed by atoms with Crippen molar-refractivity contribution in [2.45, 2.75) is 20.8 Å². The van der Waals surface area contributed by atoms with Crippen LogP contribution in [-0.4, -0.2) is 6.03 Å². The van der Waals surface area contributed by atoms with Crippen molar-refractivity contribution < 1.29 is 4.79 Å². The van der Waals surface area contributed by atoms with Crippen LogP contribution in [-0.2, 0) is 0 Å². The third kappa shape index (κ3) is 3.85. The van der Waals surface area contributed by atoms with E-state index >= 15 is 0 Å². The Morgan fingerprint density at radius 3 is 2.53 bits per heavy atom. The quantitative estimate of drug-likeness (QED) is 0.763. The molecule has 0 bridgehead atoms. The van der Waals surface area contributed by atoms with Gasteiger partial charge >= 0.3 is 6.03 Å². The van der Waals surface area contributed by atoms with Crippen LogP contribution in [0, 0.1) is 6.92 Å². The van der Waals surface area contributed by atoms with E-state index in [1.165, 1.54) is 0 Å². The molecule has 1 aromatic carbocycles. The third-order valence-electron chi connectivity index (χ3n) is 1.89. The third-order valence-corrected chi connectivity index (χ3v) is 1.89. The van der Waals surface area contributed by atoms with E-state index in [0.717, 1.165) is 16.8 Å². The number of anilines is 1. The zero-order valence-corrected chi connectivity index (χ0v) is 9.29. The van der Waals surface area contributed by atoms with Crippen molar-refractivity contribution in [3.8, 4) is 0 Å². The van der Waals surface area contributed by atoms with Crippen LogP contribution in [0.4, 0.5) is 10.5 Å². The van der Waals surface area contributed by atoms with Gasteiger partial charge in [0.15, 0.2) is 0 Å². The lowest BCUT2D eigenvalue weighted by Gasteiger charge is -2.07.